The van der Waals surface area contributed by atoms with E-state index < -0.39 is 0 Å². The van der Waals surface area contributed by atoms with Gasteiger partial charge in [0.05, 0.1) is 23.3 Å². The molecule has 2 heterocycles. The van der Waals surface area contributed by atoms with Crippen LogP contribution in [0.15, 0.2) is 91.3 Å². The van der Waals surface area contributed by atoms with Gasteiger partial charge in [0.15, 0.2) is 0 Å². The van der Waals surface area contributed by atoms with Crippen LogP contribution in [0.25, 0.3) is 11.3 Å². The Hall–Kier alpha value is -3.53. The molecule has 0 aliphatic rings. The summed E-state index contributed by atoms with van der Waals surface area (Å²) in [7, 11) is 2.03. The maximum absolute atomic E-state index is 4.89. The number of aromatic nitrogens is 3. The van der Waals surface area contributed by atoms with E-state index in [2.05, 4.69) is 28.9 Å². The summed E-state index contributed by atoms with van der Waals surface area (Å²) in [6, 6.07) is 26.5. The Morgan fingerprint density at radius 3 is 2.18 bits per heavy atom. The molecular weight excluding hydrogens is 344 g/mol. The van der Waals surface area contributed by atoms with E-state index in [0.717, 1.165) is 34.2 Å². The molecule has 28 heavy (non-hydrogen) atoms. The lowest BCUT2D eigenvalue weighted by molar-refractivity contribution is 0.821. The van der Waals surface area contributed by atoms with Crippen molar-refractivity contribution < 1.29 is 0 Å². The van der Waals surface area contributed by atoms with Crippen molar-refractivity contribution in [3.63, 3.8) is 0 Å². The molecule has 0 amide bonds. The third-order valence-electron chi connectivity index (χ3n) is 4.85. The number of para-hydroxylation sites is 1. The Labute approximate surface area is 165 Å². The first-order valence-corrected chi connectivity index (χ1v) is 9.35. The lowest BCUT2D eigenvalue weighted by atomic mass is 10.0. The molecule has 0 saturated heterocycles. The molecule has 0 aliphatic carbocycles. The standard InChI is InChI=1S/C24H22N4/c1-18(22-16-25-17-23(26-22)19-10-5-3-6-11-19)21-14-9-15-24(27-21)28(2)20-12-7-4-8-13-20/h3-18H,1-2H3. The normalized spacial score (nSPS) is 11.8. The Morgan fingerprint density at radius 1 is 0.714 bits per heavy atom. The highest BCUT2D eigenvalue weighted by molar-refractivity contribution is 5.59. The number of pyridine rings is 1. The Kier molecular flexibility index (Phi) is 5.11. The minimum atomic E-state index is 0.0419. The molecule has 0 spiro atoms. The van der Waals surface area contributed by atoms with Gasteiger partial charge in [-0.1, -0.05) is 61.5 Å². The van der Waals surface area contributed by atoms with E-state index in [-0.39, 0.29) is 5.92 Å². The zero-order valence-corrected chi connectivity index (χ0v) is 16.0. The highest BCUT2D eigenvalue weighted by atomic mass is 15.2. The van der Waals surface area contributed by atoms with Crippen LogP contribution in [0.4, 0.5) is 11.5 Å². The molecule has 0 aliphatic heterocycles. The minimum absolute atomic E-state index is 0.0419. The number of benzene rings is 2. The van der Waals surface area contributed by atoms with Crippen LogP contribution in [0, 0.1) is 0 Å². The van der Waals surface area contributed by atoms with Crippen molar-refractivity contribution in [3.05, 3.63) is 103 Å². The highest BCUT2D eigenvalue weighted by Crippen LogP contribution is 2.27. The maximum Gasteiger partial charge on any atom is 0.133 e. The number of hydrogen-bond donors (Lipinski definition) is 0. The van der Waals surface area contributed by atoms with Crippen molar-refractivity contribution >= 4 is 11.5 Å². The monoisotopic (exact) mass is 366 g/mol. The molecule has 2 aromatic carbocycles. The predicted octanol–water partition coefficient (Wildman–Crippen LogP) is 5.46. The second-order valence-electron chi connectivity index (χ2n) is 6.73. The van der Waals surface area contributed by atoms with Gasteiger partial charge in [-0.3, -0.25) is 4.98 Å². The van der Waals surface area contributed by atoms with Crippen LogP contribution in [0.2, 0.25) is 0 Å². The van der Waals surface area contributed by atoms with E-state index in [1.807, 2.05) is 80.0 Å². The average molecular weight is 366 g/mol. The second kappa shape index (κ2) is 8.01. The SMILES string of the molecule is CC(c1cncc(-c2ccccc2)n1)c1cccc(N(C)c2ccccc2)n1. The summed E-state index contributed by atoms with van der Waals surface area (Å²) in [6.07, 6.45) is 3.63. The van der Waals surface area contributed by atoms with Crippen molar-refractivity contribution in [2.24, 2.45) is 0 Å². The van der Waals surface area contributed by atoms with E-state index in [1.54, 1.807) is 6.20 Å². The summed E-state index contributed by atoms with van der Waals surface area (Å²) < 4.78 is 0. The topological polar surface area (TPSA) is 41.9 Å². The van der Waals surface area contributed by atoms with E-state index in [1.165, 1.54) is 0 Å². The van der Waals surface area contributed by atoms with E-state index in [9.17, 15) is 0 Å². The van der Waals surface area contributed by atoms with Gasteiger partial charge in [-0.05, 0) is 24.3 Å². The maximum atomic E-state index is 4.89. The smallest absolute Gasteiger partial charge is 0.133 e. The lowest BCUT2D eigenvalue weighted by Gasteiger charge is -2.20. The van der Waals surface area contributed by atoms with Gasteiger partial charge in [-0.15, -0.1) is 0 Å². The van der Waals surface area contributed by atoms with Crippen LogP contribution in [0.3, 0.4) is 0 Å². The molecule has 0 bridgehead atoms. The van der Waals surface area contributed by atoms with Crippen molar-refractivity contribution in [1.29, 1.82) is 0 Å². The van der Waals surface area contributed by atoms with Crippen molar-refractivity contribution in [3.8, 4) is 11.3 Å². The molecule has 0 fully saturated rings. The summed E-state index contributed by atoms with van der Waals surface area (Å²) in [6.45, 7) is 2.12. The molecule has 4 heteroatoms. The lowest BCUT2D eigenvalue weighted by Crippen LogP contribution is -2.13. The molecule has 0 radical (unpaired) electrons. The summed E-state index contributed by atoms with van der Waals surface area (Å²) in [5.74, 6) is 0.947. The number of rotatable bonds is 5. The number of hydrogen-bond acceptors (Lipinski definition) is 4. The fourth-order valence-electron chi connectivity index (χ4n) is 3.14. The largest absolute Gasteiger partial charge is 0.329 e. The molecule has 1 atom stereocenters. The summed E-state index contributed by atoms with van der Waals surface area (Å²) in [5.41, 5.74) is 4.93. The van der Waals surface area contributed by atoms with Gasteiger partial charge in [0, 0.05) is 30.4 Å². The highest BCUT2D eigenvalue weighted by Gasteiger charge is 2.15. The van der Waals surface area contributed by atoms with E-state index >= 15 is 0 Å². The fourth-order valence-corrected chi connectivity index (χ4v) is 3.14. The molecule has 2 aromatic heterocycles. The van der Waals surface area contributed by atoms with Crippen molar-refractivity contribution in [2.45, 2.75) is 12.8 Å². The Balaban J connectivity index is 1.63. The first kappa shape index (κ1) is 17.9. The minimum Gasteiger partial charge on any atom is -0.329 e. The van der Waals surface area contributed by atoms with E-state index in [4.69, 9.17) is 9.97 Å². The molecule has 0 N–H and O–H groups in total. The molecule has 138 valence electrons. The molecule has 4 rings (SSSR count). The Morgan fingerprint density at radius 2 is 1.43 bits per heavy atom. The molecule has 4 nitrogen and oxygen atoms in total. The first-order valence-electron chi connectivity index (χ1n) is 9.35. The number of nitrogens with zero attached hydrogens (tertiary/aromatic N) is 4. The Bertz CT molecular complexity index is 1050. The van der Waals surface area contributed by atoms with Gasteiger partial charge in [-0.2, -0.15) is 0 Å². The first-order chi connectivity index (χ1) is 13.7. The van der Waals surface area contributed by atoms with Crippen LogP contribution < -0.4 is 4.90 Å². The van der Waals surface area contributed by atoms with Gasteiger partial charge in [0.2, 0.25) is 0 Å². The predicted molar refractivity (Wildman–Crippen MR) is 114 cm³/mol. The third-order valence-corrected chi connectivity index (χ3v) is 4.85. The zero-order valence-electron chi connectivity index (χ0n) is 16.0. The van der Waals surface area contributed by atoms with Gasteiger partial charge < -0.3 is 4.90 Å². The van der Waals surface area contributed by atoms with Gasteiger partial charge >= 0.3 is 0 Å². The average Bonchev–Trinajstić information content (AvgIpc) is 2.79. The second-order valence-corrected chi connectivity index (χ2v) is 6.73. The zero-order chi connectivity index (χ0) is 19.3. The molecule has 4 aromatic rings. The van der Waals surface area contributed by atoms with Crippen LogP contribution in [-0.4, -0.2) is 22.0 Å². The van der Waals surface area contributed by atoms with E-state index in [0.29, 0.717) is 0 Å². The summed E-state index contributed by atoms with van der Waals surface area (Å²) in [4.78, 5) is 16.2. The third kappa shape index (κ3) is 3.76. The summed E-state index contributed by atoms with van der Waals surface area (Å²) >= 11 is 0. The number of anilines is 2. The summed E-state index contributed by atoms with van der Waals surface area (Å²) in [5, 5.41) is 0. The van der Waals surface area contributed by atoms with Crippen LogP contribution in [0.1, 0.15) is 24.2 Å². The van der Waals surface area contributed by atoms with Gasteiger partial charge in [0.1, 0.15) is 5.82 Å². The van der Waals surface area contributed by atoms with Crippen molar-refractivity contribution in [2.75, 3.05) is 11.9 Å². The van der Waals surface area contributed by atoms with Gasteiger partial charge in [-0.25, -0.2) is 9.97 Å². The molecular formula is C24H22N4. The van der Waals surface area contributed by atoms with Crippen LogP contribution in [-0.2, 0) is 0 Å². The van der Waals surface area contributed by atoms with Gasteiger partial charge in [0.25, 0.3) is 0 Å². The van der Waals surface area contributed by atoms with Crippen molar-refractivity contribution in [1.82, 2.24) is 15.0 Å². The fraction of sp³-hybridized carbons (Fsp3) is 0.125. The molecule has 0 saturated carbocycles. The van der Waals surface area contributed by atoms with Crippen LogP contribution >= 0.6 is 0 Å². The quantitative estimate of drug-likeness (QED) is 0.470. The molecule has 1 unspecified atom stereocenters. The van der Waals surface area contributed by atoms with Crippen LogP contribution in [0.5, 0.6) is 0 Å².